The molecule has 4 heteroatoms. The van der Waals surface area contributed by atoms with E-state index >= 15 is 0 Å². The number of aromatic nitrogens is 1. The van der Waals surface area contributed by atoms with Crippen LogP contribution in [-0.2, 0) is 13.0 Å². The molecular weight excluding hydrogens is 252 g/mol. The largest absolute Gasteiger partial charge is 0.478 e. The number of hydrogen-bond acceptors (Lipinski definition) is 3. The second kappa shape index (κ2) is 6.19. The fourth-order valence-corrected chi connectivity index (χ4v) is 2.13. The summed E-state index contributed by atoms with van der Waals surface area (Å²) in [5.41, 5.74) is 4.40. The molecule has 0 radical (unpaired) electrons. The minimum absolute atomic E-state index is 0.306. The Hall–Kier alpha value is -2.36. The molecule has 1 heterocycles. The molecule has 0 amide bonds. The molecule has 0 fully saturated rings. The lowest BCUT2D eigenvalue weighted by Crippen LogP contribution is -2.06. The molecule has 0 saturated carbocycles. The van der Waals surface area contributed by atoms with E-state index in [-0.39, 0.29) is 0 Å². The van der Waals surface area contributed by atoms with Gasteiger partial charge in [-0.05, 0) is 48.7 Å². The van der Waals surface area contributed by atoms with Crippen molar-refractivity contribution in [1.29, 1.82) is 0 Å². The number of hydrogen-bond donors (Lipinski definition) is 2. The van der Waals surface area contributed by atoms with Gasteiger partial charge in [0.15, 0.2) is 0 Å². The number of aromatic carboxylic acids is 1. The predicted octanol–water partition coefficient (Wildman–Crippen LogP) is 3.26. The Balaban J connectivity index is 2.13. The van der Waals surface area contributed by atoms with Crippen LogP contribution >= 0.6 is 0 Å². The van der Waals surface area contributed by atoms with Gasteiger partial charge < -0.3 is 10.4 Å². The van der Waals surface area contributed by atoms with Gasteiger partial charge in [-0.15, -0.1) is 0 Å². The average Bonchev–Trinajstić information content (AvgIpc) is 2.46. The van der Waals surface area contributed by atoms with Crippen LogP contribution in [0.1, 0.15) is 34.1 Å². The highest BCUT2D eigenvalue weighted by molar-refractivity contribution is 5.88. The molecule has 0 unspecified atom stereocenters. The quantitative estimate of drug-likeness (QED) is 0.875. The molecule has 2 aromatic rings. The first kappa shape index (κ1) is 14.1. The summed E-state index contributed by atoms with van der Waals surface area (Å²) < 4.78 is 0. The number of carboxylic acid groups (broad SMARTS) is 1. The Morgan fingerprint density at radius 2 is 2.15 bits per heavy atom. The lowest BCUT2D eigenvalue weighted by atomic mass is 10.1. The fraction of sp³-hybridized carbons (Fsp3) is 0.250. The van der Waals surface area contributed by atoms with Crippen LogP contribution in [0, 0.1) is 6.92 Å². The van der Waals surface area contributed by atoms with Crippen LogP contribution in [0.25, 0.3) is 0 Å². The van der Waals surface area contributed by atoms with E-state index in [2.05, 4.69) is 23.3 Å². The Kier molecular flexibility index (Phi) is 4.35. The zero-order valence-corrected chi connectivity index (χ0v) is 11.7. The summed E-state index contributed by atoms with van der Waals surface area (Å²) >= 11 is 0. The second-order valence-corrected chi connectivity index (χ2v) is 4.65. The van der Waals surface area contributed by atoms with Crippen molar-refractivity contribution < 1.29 is 9.90 Å². The number of anilines is 1. The van der Waals surface area contributed by atoms with Crippen LogP contribution < -0.4 is 5.32 Å². The van der Waals surface area contributed by atoms with Gasteiger partial charge in [0.05, 0.1) is 17.8 Å². The van der Waals surface area contributed by atoms with Crippen molar-refractivity contribution in [2.45, 2.75) is 26.8 Å². The molecule has 0 bridgehead atoms. The van der Waals surface area contributed by atoms with E-state index in [9.17, 15) is 4.79 Å². The van der Waals surface area contributed by atoms with Crippen LogP contribution in [0.5, 0.6) is 0 Å². The highest BCUT2D eigenvalue weighted by atomic mass is 16.4. The van der Waals surface area contributed by atoms with Gasteiger partial charge in [-0.25, -0.2) is 4.79 Å². The predicted molar refractivity (Wildman–Crippen MR) is 79.1 cm³/mol. The van der Waals surface area contributed by atoms with Gasteiger partial charge in [0.2, 0.25) is 0 Å². The number of benzene rings is 1. The molecule has 0 spiro atoms. The average molecular weight is 270 g/mol. The van der Waals surface area contributed by atoms with Crippen LogP contribution in [0.15, 0.2) is 36.5 Å². The molecule has 104 valence electrons. The van der Waals surface area contributed by atoms with Crippen LogP contribution in [0.4, 0.5) is 5.69 Å². The van der Waals surface area contributed by atoms with E-state index in [0.717, 1.165) is 23.4 Å². The van der Waals surface area contributed by atoms with Crippen molar-refractivity contribution in [2.75, 3.05) is 5.32 Å². The normalized spacial score (nSPS) is 10.3. The van der Waals surface area contributed by atoms with E-state index in [1.54, 1.807) is 24.4 Å². The number of pyridine rings is 1. The smallest absolute Gasteiger partial charge is 0.335 e. The summed E-state index contributed by atoms with van der Waals surface area (Å²) in [6.07, 6.45) is 2.73. The molecule has 0 aliphatic carbocycles. The van der Waals surface area contributed by atoms with Crippen molar-refractivity contribution in [3.05, 3.63) is 58.9 Å². The Morgan fingerprint density at radius 3 is 2.80 bits per heavy atom. The van der Waals surface area contributed by atoms with Gasteiger partial charge in [0.1, 0.15) is 0 Å². The van der Waals surface area contributed by atoms with Gasteiger partial charge in [0.25, 0.3) is 0 Å². The van der Waals surface area contributed by atoms with Crippen LogP contribution in [-0.4, -0.2) is 16.1 Å². The third-order valence-corrected chi connectivity index (χ3v) is 3.29. The van der Waals surface area contributed by atoms with Gasteiger partial charge in [0, 0.05) is 11.9 Å². The van der Waals surface area contributed by atoms with Crippen molar-refractivity contribution in [3.63, 3.8) is 0 Å². The maximum Gasteiger partial charge on any atom is 0.335 e. The van der Waals surface area contributed by atoms with Crippen molar-refractivity contribution >= 4 is 11.7 Å². The Bertz CT molecular complexity index is 624. The summed E-state index contributed by atoms with van der Waals surface area (Å²) in [4.78, 5) is 15.3. The first-order valence-corrected chi connectivity index (χ1v) is 6.62. The lowest BCUT2D eigenvalue weighted by molar-refractivity contribution is 0.0697. The standard InChI is InChI=1S/C16H18N2O2/c1-3-12-5-4-8-17-15(12)10-18-14-7-6-13(16(19)20)9-11(14)2/h4-9,18H,3,10H2,1-2H3,(H,19,20). The topological polar surface area (TPSA) is 62.2 Å². The van der Waals surface area contributed by atoms with Gasteiger partial charge in [-0.1, -0.05) is 13.0 Å². The second-order valence-electron chi connectivity index (χ2n) is 4.65. The molecule has 1 aromatic carbocycles. The molecular formula is C16H18N2O2. The summed E-state index contributed by atoms with van der Waals surface area (Å²) in [7, 11) is 0. The molecule has 4 nitrogen and oxygen atoms in total. The Labute approximate surface area is 118 Å². The van der Waals surface area contributed by atoms with Crippen molar-refractivity contribution in [1.82, 2.24) is 4.98 Å². The van der Waals surface area contributed by atoms with Crippen molar-refractivity contribution in [3.8, 4) is 0 Å². The molecule has 2 rings (SSSR count). The molecule has 0 saturated heterocycles. The fourth-order valence-electron chi connectivity index (χ4n) is 2.13. The summed E-state index contributed by atoms with van der Waals surface area (Å²) in [5.74, 6) is -0.905. The van der Waals surface area contributed by atoms with Gasteiger partial charge >= 0.3 is 5.97 Å². The van der Waals surface area contributed by atoms with Gasteiger partial charge in [-0.3, -0.25) is 4.98 Å². The van der Waals surface area contributed by atoms with E-state index in [1.807, 2.05) is 13.0 Å². The van der Waals surface area contributed by atoms with E-state index in [4.69, 9.17) is 5.11 Å². The van der Waals surface area contributed by atoms with Crippen molar-refractivity contribution in [2.24, 2.45) is 0 Å². The lowest BCUT2D eigenvalue weighted by Gasteiger charge is -2.12. The summed E-state index contributed by atoms with van der Waals surface area (Å²) in [5, 5.41) is 12.3. The maximum atomic E-state index is 10.9. The highest BCUT2D eigenvalue weighted by Gasteiger charge is 2.06. The molecule has 1 aromatic heterocycles. The third-order valence-electron chi connectivity index (χ3n) is 3.29. The maximum absolute atomic E-state index is 10.9. The number of carboxylic acids is 1. The minimum Gasteiger partial charge on any atom is -0.478 e. The molecule has 0 aliphatic heterocycles. The molecule has 0 atom stereocenters. The molecule has 2 N–H and O–H groups in total. The highest BCUT2D eigenvalue weighted by Crippen LogP contribution is 2.18. The zero-order valence-electron chi connectivity index (χ0n) is 11.7. The Morgan fingerprint density at radius 1 is 1.35 bits per heavy atom. The first-order valence-electron chi connectivity index (χ1n) is 6.62. The van der Waals surface area contributed by atoms with E-state index < -0.39 is 5.97 Å². The number of carbonyl (C=O) groups is 1. The number of aryl methyl sites for hydroxylation is 2. The molecule has 20 heavy (non-hydrogen) atoms. The first-order chi connectivity index (χ1) is 9.61. The number of nitrogens with one attached hydrogen (secondary N) is 1. The van der Waals surface area contributed by atoms with Crippen LogP contribution in [0.2, 0.25) is 0 Å². The van der Waals surface area contributed by atoms with E-state index in [0.29, 0.717) is 12.1 Å². The summed E-state index contributed by atoms with van der Waals surface area (Å²) in [6, 6.07) is 9.09. The monoisotopic (exact) mass is 270 g/mol. The van der Waals surface area contributed by atoms with Crippen LogP contribution in [0.3, 0.4) is 0 Å². The van der Waals surface area contributed by atoms with E-state index in [1.165, 1.54) is 5.56 Å². The third kappa shape index (κ3) is 3.15. The zero-order chi connectivity index (χ0) is 14.5. The number of nitrogens with zero attached hydrogens (tertiary/aromatic N) is 1. The SMILES string of the molecule is CCc1cccnc1CNc1ccc(C(=O)O)cc1C. The minimum atomic E-state index is -0.905. The number of rotatable bonds is 5. The summed E-state index contributed by atoms with van der Waals surface area (Å²) in [6.45, 7) is 4.64. The van der Waals surface area contributed by atoms with Gasteiger partial charge in [-0.2, -0.15) is 0 Å². The molecule has 0 aliphatic rings.